The molecule has 1 aliphatic heterocycles. The van der Waals surface area contributed by atoms with Gasteiger partial charge in [-0.2, -0.15) is 10.5 Å². The van der Waals surface area contributed by atoms with E-state index in [1.165, 1.54) is 5.56 Å². The first-order valence-electron chi connectivity index (χ1n) is 10.3. The number of pyridine rings is 1. The zero-order chi connectivity index (χ0) is 24.2. The van der Waals surface area contributed by atoms with Gasteiger partial charge in [-0.1, -0.05) is 23.8 Å². The molecule has 0 fully saturated rings. The first-order valence-corrected chi connectivity index (χ1v) is 11.3. The van der Waals surface area contributed by atoms with Gasteiger partial charge in [0.1, 0.15) is 35.1 Å². The number of anilines is 3. The number of hydrogen-bond donors (Lipinski definition) is 4. The average molecular weight is 471 g/mol. The second-order valence-electron chi connectivity index (χ2n) is 7.57. The number of nitrogen functional groups attached to an aromatic ring is 2. The molecule has 0 spiro atoms. The van der Waals surface area contributed by atoms with Gasteiger partial charge in [0.25, 0.3) is 0 Å². The van der Waals surface area contributed by atoms with E-state index in [4.69, 9.17) is 21.5 Å². The summed E-state index contributed by atoms with van der Waals surface area (Å²) in [5.41, 5.74) is 16.1. The van der Waals surface area contributed by atoms with E-state index in [0.717, 1.165) is 21.8 Å². The van der Waals surface area contributed by atoms with Crippen molar-refractivity contribution in [2.24, 2.45) is 4.99 Å². The number of guanidine groups is 1. The van der Waals surface area contributed by atoms with E-state index in [-0.39, 0.29) is 23.0 Å². The van der Waals surface area contributed by atoms with E-state index in [1.54, 1.807) is 18.9 Å². The Morgan fingerprint density at radius 3 is 2.62 bits per heavy atom. The number of aromatic nitrogens is 1. The van der Waals surface area contributed by atoms with Crippen molar-refractivity contribution in [3.8, 4) is 18.0 Å². The molecule has 3 aromatic rings. The molecular weight excluding hydrogens is 448 g/mol. The van der Waals surface area contributed by atoms with Crippen LogP contribution in [0.3, 0.4) is 0 Å². The second-order valence-corrected chi connectivity index (χ2v) is 8.62. The van der Waals surface area contributed by atoms with Crippen LogP contribution in [0.2, 0.25) is 0 Å². The minimum Gasteiger partial charge on any atom is -0.496 e. The van der Waals surface area contributed by atoms with Crippen molar-refractivity contribution in [1.82, 2.24) is 10.3 Å². The SMILES string of the molecule is COc1ccc(C2N=C(NC#N)Nc3nc(N)c(C#N)c(N)c32)cc1CSc1ccc(C)cc1. The van der Waals surface area contributed by atoms with Gasteiger partial charge in [-0.25, -0.2) is 9.98 Å². The minimum atomic E-state index is -0.610. The van der Waals surface area contributed by atoms with Gasteiger partial charge >= 0.3 is 0 Å². The Morgan fingerprint density at radius 2 is 1.94 bits per heavy atom. The number of nitrogens with zero attached hydrogens (tertiary/aromatic N) is 4. The summed E-state index contributed by atoms with van der Waals surface area (Å²) in [6, 6.07) is 15.5. The Morgan fingerprint density at radius 1 is 1.18 bits per heavy atom. The number of aliphatic imine (C=N–C) groups is 1. The fourth-order valence-corrected chi connectivity index (χ4v) is 4.58. The highest BCUT2D eigenvalue weighted by atomic mass is 32.2. The zero-order valence-corrected chi connectivity index (χ0v) is 19.4. The summed E-state index contributed by atoms with van der Waals surface area (Å²) in [6.45, 7) is 2.06. The van der Waals surface area contributed by atoms with E-state index in [1.807, 2.05) is 30.5 Å². The van der Waals surface area contributed by atoms with Crippen LogP contribution in [0.5, 0.6) is 5.75 Å². The fourth-order valence-electron chi connectivity index (χ4n) is 3.70. The number of nitrogens with one attached hydrogen (secondary N) is 2. The van der Waals surface area contributed by atoms with Crippen LogP contribution in [0.4, 0.5) is 17.3 Å². The molecule has 1 aromatic heterocycles. The minimum absolute atomic E-state index is 0.00752. The van der Waals surface area contributed by atoms with Gasteiger partial charge in [0, 0.05) is 21.8 Å². The largest absolute Gasteiger partial charge is 0.496 e. The van der Waals surface area contributed by atoms with Crippen LogP contribution in [0.25, 0.3) is 0 Å². The predicted molar refractivity (Wildman–Crippen MR) is 133 cm³/mol. The number of rotatable bonds is 5. The predicted octanol–water partition coefficient (Wildman–Crippen LogP) is 3.67. The van der Waals surface area contributed by atoms with E-state index in [2.05, 4.69) is 51.8 Å². The topological polar surface area (TPSA) is 158 Å². The number of nitrogens with two attached hydrogens (primary N) is 2. The molecule has 0 bridgehead atoms. The van der Waals surface area contributed by atoms with Crippen molar-refractivity contribution < 1.29 is 4.74 Å². The molecule has 2 heterocycles. The molecule has 1 aliphatic rings. The van der Waals surface area contributed by atoms with Crippen molar-refractivity contribution in [3.05, 3.63) is 70.3 Å². The smallest absolute Gasteiger partial charge is 0.211 e. The Kier molecular flexibility index (Phi) is 6.44. The number of fused-ring (bicyclic) bond motifs is 1. The maximum Gasteiger partial charge on any atom is 0.211 e. The summed E-state index contributed by atoms with van der Waals surface area (Å²) in [7, 11) is 1.63. The molecule has 10 heteroatoms. The summed E-state index contributed by atoms with van der Waals surface area (Å²) in [5.74, 6) is 1.98. The molecule has 34 heavy (non-hydrogen) atoms. The Hall–Kier alpha value is -4.41. The van der Waals surface area contributed by atoms with Crippen LogP contribution in [0, 0.1) is 29.7 Å². The van der Waals surface area contributed by atoms with Gasteiger partial charge in [-0.3, -0.25) is 5.32 Å². The van der Waals surface area contributed by atoms with E-state index in [0.29, 0.717) is 17.1 Å². The van der Waals surface area contributed by atoms with Crippen molar-refractivity contribution in [2.45, 2.75) is 23.6 Å². The zero-order valence-electron chi connectivity index (χ0n) is 18.6. The van der Waals surface area contributed by atoms with Crippen LogP contribution < -0.4 is 26.8 Å². The monoisotopic (exact) mass is 470 g/mol. The molecule has 1 atom stereocenters. The van der Waals surface area contributed by atoms with Crippen molar-refractivity contribution in [2.75, 3.05) is 23.9 Å². The third-order valence-corrected chi connectivity index (χ3v) is 6.45. The quantitative estimate of drug-likeness (QED) is 0.248. The van der Waals surface area contributed by atoms with Gasteiger partial charge in [0.2, 0.25) is 5.96 Å². The van der Waals surface area contributed by atoms with E-state index in [9.17, 15) is 5.26 Å². The van der Waals surface area contributed by atoms with Crippen LogP contribution in [0.1, 0.15) is 33.9 Å². The highest BCUT2D eigenvalue weighted by molar-refractivity contribution is 7.98. The first-order chi connectivity index (χ1) is 16.4. The lowest BCUT2D eigenvalue weighted by molar-refractivity contribution is 0.411. The van der Waals surface area contributed by atoms with Gasteiger partial charge in [0.15, 0.2) is 6.19 Å². The van der Waals surface area contributed by atoms with Crippen molar-refractivity contribution in [3.63, 3.8) is 0 Å². The molecule has 1 unspecified atom stereocenters. The standard InChI is InChI=1S/C24H22N8OS/c1-13-3-6-16(7-4-13)34-11-15-9-14(5-8-18(15)33-2)21-19-20(27)17(10-25)22(28)31-23(19)32-24(30-21)29-12-26/h3-9,21H,11H2,1-2H3,(H6,27,28,29,30,31,32). The molecule has 0 radical (unpaired) electrons. The van der Waals surface area contributed by atoms with Gasteiger partial charge in [-0.05, 0) is 36.8 Å². The average Bonchev–Trinajstić information content (AvgIpc) is 2.83. The van der Waals surface area contributed by atoms with E-state index < -0.39 is 6.04 Å². The number of aryl methyl sites for hydroxylation is 1. The normalized spacial score (nSPS) is 14.1. The number of ether oxygens (including phenoxy) is 1. The Bertz CT molecular complexity index is 1360. The van der Waals surface area contributed by atoms with Crippen LogP contribution in [-0.4, -0.2) is 18.1 Å². The summed E-state index contributed by atoms with van der Waals surface area (Å²) in [4.78, 5) is 10.1. The lowest BCUT2D eigenvalue weighted by atomic mass is 9.94. The third-order valence-electron chi connectivity index (χ3n) is 5.39. The summed E-state index contributed by atoms with van der Waals surface area (Å²) in [5, 5.41) is 24.1. The van der Waals surface area contributed by atoms with Crippen LogP contribution >= 0.6 is 11.8 Å². The molecule has 170 valence electrons. The van der Waals surface area contributed by atoms with Gasteiger partial charge in [0.05, 0.1) is 12.8 Å². The Labute approximate surface area is 201 Å². The molecular formula is C24H22N8OS. The number of benzene rings is 2. The maximum absolute atomic E-state index is 9.52. The number of thioether (sulfide) groups is 1. The van der Waals surface area contributed by atoms with E-state index >= 15 is 0 Å². The number of methoxy groups -OCH3 is 1. The van der Waals surface area contributed by atoms with Crippen molar-refractivity contribution in [1.29, 1.82) is 10.5 Å². The van der Waals surface area contributed by atoms with Crippen molar-refractivity contribution >= 4 is 35.0 Å². The molecule has 9 nitrogen and oxygen atoms in total. The fraction of sp³-hybridized carbons (Fsp3) is 0.167. The molecule has 0 saturated heterocycles. The molecule has 0 aliphatic carbocycles. The summed E-state index contributed by atoms with van der Waals surface area (Å²) >= 11 is 1.69. The van der Waals surface area contributed by atoms with Crippen LogP contribution in [-0.2, 0) is 5.75 Å². The third kappa shape index (κ3) is 4.40. The number of nitriles is 2. The molecule has 0 amide bonds. The molecule has 2 aromatic carbocycles. The second kappa shape index (κ2) is 9.61. The van der Waals surface area contributed by atoms with Gasteiger partial charge in [-0.15, -0.1) is 11.8 Å². The lowest BCUT2D eigenvalue weighted by Crippen LogP contribution is -2.32. The Balaban J connectivity index is 1.77. The number of hydrogen-bond acceptors (Lipinski definition) is 10. The summed E-state index contributed by atoms with van der Waals surface area (Å²) in [6.07, 6.45) is 1.85. The lowest BCUT2D eigenvalue weighted by Gasteiger charge is -2.26. The maximum atomic E-state index is 9.52. The molecule has 0 saturated carbocycles. The first kappa shape index (κ1) is 22.8. The highest BCUT2D eigenvalue weighted by Crippen LogP contribution is 2.41. The van der Waals surface area contributed by atoms with Crippen LogP contribution in [0.15, 0.2) is 52.4 Å². The molecule has 6 N–H and O–H groups in total. The highest BCUT2D eigenvalue weighted by Gasteiger charge is 2.30. The summed E-state index contributed by atoms with van der Waals surface area (Å²) < 4.78 is 5.59. The van der Waals surface area contributed by atoms with Gasteiger partial charge < -0.3 is 21.5 Å². The molecule has 4 rings (SSSR count).